The number of anilines is 1. The van der Waals surface area contributed by atoms with E-state index in [0.717, 1.165) is 5.56 Å². The maximum Gasteiger partial charge on any atom is 0.255 e. The first-order valence-electron chi connectivity index (χ1n) is 7.82. The predicted octanol–water partition coefficient (Wildman–Crippen LogP) is 5.13. The molecule has 0 aliphatic rings. The first kappa shape index (κ1) is 16.9. The molecule has 3 aromatic rings. The fraction of sp³-hybridized carbons (Fsp3) is 0.0476. The van der Waals surface area contributed by atoms with Crippen LogP contribution in [0.2, 0.25) is 5.02 Å². The summed E-state index contributed by atoms with van der Waals surface area (Å²) in [5.74, 6) is -0.349. The Kier molecular flexibility index (Phi) is 4.96. The molecule has 3 nitrogen and oxygen atoms in total. The van der Waals surface area contributed by atoms with Crippen molar-refractivity contribution in [1.29, 1.82) is 0 Å². The molecule has 0 aliphatic heterocycles. The van der Waals surface area contributed by atoms with Gasteiger partial charge in [0.2, 0.25) is 0 Å². The number of nitrogens with one attached hydrogen (secondary N) is 1. The molecule has 0 fully saturated rings. The number of hydrogen-bond donors (Lipinski definition) is 1. The van der Waals surface area contributed by atoms with Crippen LogP contribution in [0.15, 0.2) is 72.8 Å². The van der Waals surface area contributed by atoms with E-state index in [-0.39, 0.29) is 11.7 Å². The lowest BCUT2D eigenvalue weighted by Gasteiger charge is -2.08. The molecule has 0 atom stereocenters. The minimum Gasteiger partial charge on any atom is -0.321 e. The summed E-state index contributed by atoms with van der Waals surface area (Å²) < 4.78 is 0. The van der Waals surface area contributed by atoms with Crippen molar-refractivity contribution in [2.24, 2.45) is 0 Å². The van der Waals surface area contributed by atoms with Crippen molar-refractivity contribution < 1.29 is 9.59 Å². The summed E-state index contributed by atoms with van der Waals surface area (Å²) >= 11 is 6.14. The van der Waals surface area contributed by atoms with Gasteiger partial charge in [0, 0.05) is 16.7 Å². The quantitative estimate of drug-likeness (QED) is 0.663. The summed E-state index contributed by atoms with van der Waals surface area (Å²) in [6.45, 7) is 1.93. The summed E-state index contributed by atoms with van der Waals surface area (Å²) in [5.41, 5.74) is 3.19. The molecule has 0 aliphatic carbocycles. The monoisotopic (exact) mass is 349 g/mol. The van der Waals surface area contributed by atoms with Gasteiger partial charge in [-0.2, -0.15) is 0 Å². The van der Waals surface area contributed by atoms with Gasteiger partial charge in [-0.3, -0.25) is 9.59 Å². The standard InChI is InChI=1S/C21H16ClNO2/c1-14-7-12-19(18(22)13-14)23-21(25)17-10-8-16(9-11-17)20(24)15-5-3-2-4-6-15/h2-13H,1H3,(H,23,25). The van der Waals surface area contributed by atoms with Crippen LogP contribution in [0.4, 0.5) is 5.69 Å². The number of amides is 1. The van der Waals surface area contributed by atoms with Crippen molar-refractivity contribution in [2.45, 2.75) is 6.92 Å². The minimum absolute atomic E-state index is 0.0749. The third-order valence-corrected chi connectivity index (χ3v) is 4.13. The second kappa shape index (κ2) is 7.32. The SMILES string of the molecule is Cc1ccc(NC(=O)c2ccc(C(=O)c3ccccc3)cc2)c(Cl)c1. The number of hydrogen-bond acceptors (Lipinski definition) is 2. The number of carbonyl (C=O) groups excluding carboxylic acids is 2. The van der Waals surface area contributed by atoms with Gasteiger partial charge >= 0.3 is 0 Å². The van der Waals surface area contributed by atoms with Gasteiger partial charge in [-0.1, -0.05) is 60.1 Å². The van der Waals surface area contributed by atoms with Gasteiger partial charge in [0.15, 0.2) is 5.78 Å². The van der Waals surface area contributed by atoms with E-state index in [1.807, 2.05) is 31.2 Å². The highest BCUT2D eigenvalue weighted by Gasteiger charge is 2.12. The zero-order chi connectivity index (χ0) is 17.8. The molecule has 0 radical (unpaired) electrons. The molecule has 1 amide bonds. The second-order valence-corrected chi connectivity index (χ2v) is 6.12. The highest BCUT2D eigenvalue weighted by Crippen LogP contribution is 2.23. The molecule has 0 spiro atoms. The Morgan fingerprint density at radius 3 is 2.04 bits per heavy atom. The molecule has 0 unspecified atom stereocenters. The number of benzene rings is 3. The van der Waals surface area contributed by atoms with E-state index >= 15 is 0 Å². The molecule has 0 heterocycles. The van der Waals surface area contributed by atoms with Crippen LogP contribution in [-0.2, 0) is 0 Å². The van der Waals surface area contributed by atoms with Crippen LogP contribution in [0, 0.1) is 6.92 Å². The van der Waals surface area contributed by atoms with Crippen molar-refractivity contribution in [2.75, 3.05) is 5.32 Å². The van der Waals surface area contributed by atoms with Crippen LogP contribution in [0.5, 0.6) is 0 Å². The molecule has 3 aromatic carbocycles. The van der Waals surface area contributed by atoms with Gasteiger partial charge < -0.3 is 5.32 Å². The molecule has 0 aromatic heterocycles. The van der Waals surface area contributed by atoms with E-state index in [0.29, 0.717) is 27.4 Å². The lowest BCUT2D eigenvalue weighted by Crippen LogP contribution is -2.12. The van der Waals surface area contributed by atoms with E-state index in [9.17, 15) is 9.59 Å². The summed E-state index contributed by atoms with van der Waals surface area (Å²) in [6, 6.07) is 21.0. The maximum atomic E-state index is 12.4. The van der Waals surface area contributed by atoms with E-state index < -0.39 is 0 Å². The maximum absolute atomic E-state index is 12.4. The summed E-state index contributed by atoms with van der Waals surface area (Å²) in [4.78, 5) is 24.7. The average Bonchev–Trinajstić information content (AvgIpc) is 2.64. The molecule has 0 bridgehead atoms. The molecule has 0 saturated carbocycles. The van der Waals surface area contributed by atoms with Gasteiger partial charge in [-0.05, 0) is 36.8 Å². The molecule has 124 valence electrons. The highest BCUT2D eigenvalue weighted by molar-refractivity contribution is 6.34. The summed E-state index contributed by atoms with van der Waals surface area (Å²) in [7, 11) is 0. The Morgan fingerprint density at radius 1 is 0.800 bits per heavy atom. The van der Waals surface area contributed by atoms with Crippen LogP contribution in [0.3, 0.4) is 0 Å². The van der Waals surface area contributed by atoms with Crippen LogP contribution in [0.1, 0.15) is 31.8 Å². The molecular weight excluding hydrogens is 334 g/mol. The Labute approximate surface area is 151 Å². The van der Waals surface area contributed by atoms with Crippen molar-refractivity contribution in [3.05, 3.63) is 100 Å². The summed E-state index contributed by atoms with van der Waals surface area (Å²) in [5, 5.41) is 3.27. The lowest BCUT2D eigenvalue weighted by atomic mass is 10.0. The van der Waals surface area contributed by atoms with Gasteiger partial charge in [-0.15, -0.1) is 0 Å². The first-order chi connectivity index (χ1) is 12.0. The Morgan fingerprint density at radius 2 is 1.40 bits per heavy atom. The number of carbonyl (C=O) groups is 2. The number of halogens is 1. The number of rotatable bonds is 4. The largest absolute Gasteiger partial charge is 0.321 e. The topological polar surface area (TPSA) is 46.2 Å². The van der Waals surface area contributed by atoms with E-state index in [4.69, 9.17) is 11.6 Å². The smallest absolute Gasteiger partial charge is 0.255 e. The van der Waals surface area contributed by atoms with Crippen LogP contribution in [-0.4, -0.2) is 11.7 Å². The third-order valence-electron chi connectivity index (χ3n) is 3.82. The Hall–Kier alpha value is -2.91. The van der Waals surface area contributed by atoms with Crippen LogP contribution >= 0.6 is 11.6 Å². The normalized spacial score (nSPS) is 10.3. The van der Waals surface area contributed by atoms with Gasteiger partial charge in [0.05, 0.1) is 10.7 Å². The number of aryl methyl sites for hydroxylation is 1. The molecule has 3 rings (SSSR count). The first-order valence-corrected chi connectivity index (χ1v) is 8.20. The predicted molar refractivity (Wildman–Crippen MR) is 100 cm³/mol. The fourth-order valence-electron chi connectivity index (χ4n) is 2.45. The highest BCUT2D eigenvalue weighted by atomic mass is 35.5. The van der Waals surface area contributed by atoms with Gasteiger partial charge in [0.1, 0.15) is 0 Å². The average molecular weight is 350 g/mol. The zero-order valence-electron chi connectivity index (χ0n) is 13.6. The second-order valence-electron chi connectivity index (χ2n) is 5.71. The van der Waals surface area contributed by atoms with Crippen LogP contribution in [0.25, 0.3) is 0 Å². The minimum atomic E-state index is -0.274. The fourth-order valence-corrected chi connectivity index (χ4v) is 2.73. The Bertz CT molecular complexity index is 918. The third kappa shape index (κ3) is 3.95. The molecule has 4 heteroatoms. The van der Waals surface area contributed by atoms with Gasteiger partial charge in [-0.25, -0.2) is 0 Å². The van der Waals surface area contributed by atoms with Crippen LogP contribution < -0.4 is 5.32 Å². The van der Waals surface area contributed by atoms with Crippen molar-refractivity contribution in [3.63, 3.8) is 0 Å². The van der Waals surface area contributed by atoms with Crippen molar-refractivity contribution in [1.82, 2.24) is 0 Å². The number of ketones is 1. The van der Waals surface area contributed by atoms with Crippen molar-refractivity contribution in [3.8, 4) is 0 Å². The van der Waals surface area contributed by atoms with E-state index in [2.05, 4.69) is 5.32 Å². The van der Waals surface area contributed by atoms with Gasteiger partial charge in [0.25, 0.3) is 5.91 Å². The molecular formula is C21H16ClNO2. The molecule has 0 saturated heterocycles. The molecule has 25 heavy (non-hydrogen) atoms. The zero-order valence-corrected chi connectivity index (χ0v) is 14.4. The summed E-state index contributed by atoms with van der Waals surface area (Å²) in [6.07, 6.45) is 0. The van der Waals surface area contributed by atoms with E-state index in [1.165, 1.54) is 0 Å². The van der Waals surface area contributed by atoms with Crippen molar-refractivity contribution >= 4 is 29.0 Å². The lowest BCUT2D eigenvalue weighted by molar-refractivity contribution is 0.102. The molecule has 1 N–H and O–H groups in total. The Balaban J connectivity index is 1.75. The van der Waals surface area contributed by atoms with E-state index in [1.54, 1.807) is 48.5 Å².